The van der Waals surface area contributed by atoms with Crippen molar-refractivity contribution in [1.82, 2.24) is 9.55 Å². The van der Waals surface area contributed by atoms with Gasteiger partial charge < -0.3 is 0 Å². The molecule has 0 amide bonds. The molecule has 0 fully saturated rings. The van der Waals surface area contributed by atoms with Gasteiger partial charge in [-0.1, -0.05) is 18.2 Å². The van der Waals surface area contributed by atoms with Gasteiger partial charge >= 0.3 is 11.9 Å². The van der Waals surface area contributed by atoms with E-state index >= 15 is 0 Å². The molecule has 0 radical (unpaired) electrons. The molecule has 0 aliphatic rings. The molecule has 3 aromatic rings. The number of rotatable bonds is 2. The Labute approximate surface area is 121 Å². The molecule has 0 aliphatic carbocycles. The van der Waals surface area contributed by atoms with E-state index in [2.05, 4.69) is 4.98 Å². The van der Waals surface area contributed by atoms with E-state index in [0.717, 1.165) is 28.2 Å². The average molecular weight is 310 g/mol. The summed E-state index contributed by atoms with van der Waals surface area (Å²) in [5.74, 6) is 0. The van der Waals surface area contributed by atoms with Crippen molar-refractivity contribution in [2.45, 2.75) is 12.7 Å². The Morgan fingerprint density at radius 1 is 1.24 bits per heavy atom. The largest absolute Gasteiger partial charge is 0.417 e. The fourth-order valence-corrected chi connectivity index (χ4v) is 2.94. The predicted octanol–water partition coefficient (Wildman–Crippen LogP) is 3.53. The number of benzene rings is 1. The first-order valence-electron chi connectivity index (χ1n) is 6.04. The summed E-state index contributed by atoms with van der Waals surface area (Å²) in [7, 11) is 0. The lowest BCUT2D eigenvalue weighted by Gasteiger charge is -2.07. The van der Waals surface area contributed by atoms with Gasteiger partial charge in [-0.05, 0) is 12.1 Å². The molecule has 7 heteroatoms. The van der Waals surface area contributed by atoms with Crippen LogP contribution in [0, 0.1) is 0 Å². The second-order valence-corrected chi connectivity index (χ2v) is 5.48. The number of alkyl halides is 3. The van der Waals surface area contributed by atoms with Crippen molar-refractivity contribution in [3.8, 4) is 0 Å². The third kappa shape index (κ3) is 2.69. The molecule has 3 rings (SSSR count). The van der Waals surface area contributed by atoms with Gasteiger partial charge in [0.1, 0.15) is 0 Å². The molecule has 0 N–H and O–H groups in total. The normalized spacial score (nSPS) is 12.0. The molecule has 2 aromatic heterocycles. The van der Waals surface area contributed by atoms with E-state index < -0.39 is 17.4 Å². The van der Waals surface area contributed by atoms with Crippen LogP contribution in [0.5, 0.6) is 0 Å². The minimum absolute atomic E-state index is 0.0773. The van der Waals surface area contributed by atoms with Crippen molar-refractivity contribution in [3.05, 3.63) is 62.8 Å². The van der Waals surface area contributed by atoms with Gasteiger partial charge in [0, 0.05) is 21.8 Å². The SMILES string of the molecule is O=c1ncc2ccccc2n1Cc1cc(C(F)(F)F)cs1. The highest BCUT2D eigenvalue weighted by molar-refractivity contribution is 7.10. The zero-order valence-electron chi connectivity index (χ0n) is 10.6. The highest BCUT2D eigenvalue weighted by Gasteiger charge is 2.31. The van der Waals surface area contributed by atoms with Crippen molar-refractivity contribution in [2.75, 3.05) is 0 Å². The Bertz CT molecular complexity index is 851. The average Bonchev–Trinajstić information content (AvgIpc) is 2.91. The summed E-state index contributed by atoms with van der Waals surface area (Å²) in [4.78, 5) is 16.1. The predicted molar refractivity (Wildman–Crippen MR) is 74.4 cm³/mol. The molecule has 0 atom stereocenters. The second-order valence-electron chi connectivity index (χ2n) is 4.49. The molecule has 2 heterocycles. The second kappa shape index (κ2) is 5.00. The number of thiophene rings is 1. The zero-order chi connectivity index (χ0) is 15.0. The Kier molecular flexibility index (Phi) is 3.29. The molecular formula is C14H9F3N2OS. The molecular weight excluding hydrogens is 301 g/mol. The Balaban J connectivity index is 2.04. The summed E-state index contributed by atoms with van der Waals surface area (Å²) in [6.07, 6.45) is -2.90. The van der Waals surface area contributed by atoms with E-state index in [9.17, 15) is 18.0 Å². The smallest absolute Gasteiger partial charge is 0.287 e. The van der Waals surface area contributed by atoms with Crippen LogP contribution < -0.4 is 5.69 Å². The van der Waals surface area contributed by atoms with E-state index in [1.54, 1.807) is 18.2 Å². The number of hydrogen-bond donors (Lipinski definition) is 0. The molecule has 0 saturated carbocycles. The summed E-state index contributed by atoms with van der Waals surface area (Å²) in [5.41, 5.74) is -0.515. The van der Waals surface area contributed by atoms with Gasteiger partial charge in [0.15, 0.2) is 0 Å². The van der Waals surface area contributed by atoms with E-state index in [1.807, 2.05) is 6.07 Å². The van der Waals surface area contributed by atoms with Gasteiger partial charge in [-0.2, -0.15) is 13.2 Å². The molecule has 0 unspecified atom stereocenters. The number of hydrogen-bond acceptors (Lipinski definition) is 3. The van der Waals surface area contributed by atoms with Crippen molar-refractivity contribution >= 4 is 22.2 Å². The summed E-state index contributed by atoms with van der Waals surface area (Å²) in [6.45, 7) is 0.0773. The van der Waals surface area contributed by atoms with Crippen LogP contribution in [0.25, 0.3) is 10.9 Å². The standard InChI is InChI=1S/C14H9F3N2OS/c15-14(16,17)10-5-11(21-8-10)7-19-12-4-2-1-3-9(12)6-18-13(19)20/h1-6,8H,7H2. The third-order valence-corrected chi connectivity index (χ3v) is 3.99. The molecule has 0 aliphatic heterocycles. The van der Waals surface area contributed by atoms with Crippen LogP contribution in [-0.2, 0) is 12.7 Å². The van der Waals surface area contributed by atoms with Crippen LogP contribution in [-0.4, -0.2) is 9.55 Å². The molecule has 1 aromatic carbocycles. The van der Waals surface area contributed by atoms with Crippen LogP contribution in [0.3, 0.4) is 0 Å². The summed E-state index contributed by atoms with van der Waals surface area (Å²) < 4.78 is 39.2. The molecule has 0 bridgehead atoms. The Morgan fingerprint density at radius 2 is 2.00 bits per heavy atom. The van der Waals surface area contributed by atoms with Crippen molar-refractivity contribution in [3.63, 3.8) is 0 Å². The molecule has 108 valence electrons. The molecule has 0 spiro atoms. The number of halogens is 3. The van der Waals surface area contributed by atoms with Crippen LogP contribution >= 0.6 is 11.3 Å². The van der Waals surface area contributed by atoms with Crippen LogP contribution in [0.1, 0.15) is 10.4 Å². The van der Waals surface area contributed by atoms with Crippen molar-refractivity contribution < 1.29 is 13.2 Å². The maximum atomic E-state index is 12.6. The number of aromatic nitrogens is 2. The van der Waals surface area contributed by atoms with Gasteiger partial charge in [0.2, 0.25) is 0 Å². The Morgan fingerprint density at radius 3 is 2.71 bits per heavy atom. The summed E-state index contributed by atoms with van der Waals surface area (Å²) in [6, 6.07) is 8.20. The molecule has 21 heavy (non-hydrogen) atoms. The zero-order valence-corrected chi connectivity index (χ0v) is 11.4. The monoisotopic (exact) mass is 310 g/mol. The maximum Gasteiger partial charge on any atom is 0.417 e. The molecule has 0 saturated heterocycles. The minimum atomic E-state index is -4.36. The first-order chi connectivity index (χ1) is 9.95. The van der Waals surface area contributed by atoms with E-state index in [-0.39, 0.29) is 6.54 Å². The van der Waals surface area contributed by atoms with E-state index in [1.165, 1.54) is 10.8 Å². The highest BCUT2D eigenvalue weighted by Crippen LogP contribution is 2.32. The van der Waals surface area contributed by atoms with E-state index in [4.69, 9.17) is 0 Å². The van der Waals surface area contributed by atoms with Crippen molar-refractivity contribution in [1.29, 1.82) is 0 Å². The third-order valence-electron chi connectivity index (χ3n) is 3.07. The van der Waals surface area contributed by atoms with Gasteiger partial charge in [-0.3, -0.25) is 4.57 Å². The van der Waals surface area contributed by atoms with Crippen LogP contribution in [0.4, 0.5) is 13.2 Å². The van der Waals surface area contributed by atoms with Gasteiger partial charge in [0.05, 0.1) is 17.6 Å². The fraction of sp³-hybridized carbons (Fsp3) is 0.143. The first-order valence-corrected chi connectivity index (χ1v) is 6.92. The number of para-hydroxylation sites is 1. The number of fused-ring (bicyclic) bond motifs is 1. The van der Waals surface area contributed by atoms with Crippen LogP contribution in [0.15, 0.2) is 46.7 Å². The van der Waals surface area contributed by atoms with Gasteiger partial charge in [-0.15, -0.1) is 11.3 Å². The highest BCUT2D eigenvalue weighted by atomic mass is 32.1. The Hall–Kier alpha value is -2.15. The number of nitrogens with zero attached hydrogens (tertiary/aromatic N) is 2. The summed E-state index contributed by atoms with van der Waals surface area (Å²) in [5, 5.41) is 1.82. The minimum Gasteiger partial charge on any atom is -0.287 e. The van der Waals surface area contributed by atoms with Gasteiger partial charge in [0.25, 0.3) is 0 Å². The van der Waals surface area contributed by atoms with Crippen LogP contribution in [0.2, 0.25) is 0 Å². The topological polar surface area (TPSA) is 34.9 Å². The first kappa shape index (κ1) is 13.8. The van der Waals surface area contributed by atoms with Gasteiger partial charge in [-0.25, -0.2) is 9.78 Å². The lowest BCUT2D eigenvalue weighted by atomic mass is 10.2. The summed E-state index contributed by atoms with van der Waals surface area (Å²) >= 11 is 0.981. The quantitative estimate of drug-likeness (QED) is 0.726. The lowest BCUT2D eigenvalue weighted by molar-refractivity contribution is -0.137. The fourth-order valence-electron chi connectivity index (χ4n) is 2.06. The van der Waals surface area contributed by atoms with E-state index in [0.29, 0.717) is 10.4 Å². The molecule has 3 nitrogen and oxygen atoms in total. The van der Waals surface area contributed by atoms with Crippen molar-refractivity contribution in [2.24, 2.45) is 0 Å². The lowest BCUT2D eigenvalue weighted by Crippen LogP contribution is -2.23. The maximum absolute atomic E-state index is 12.6.